The molecular formula is C17H25NO7S. The minimum Gasteiger partial charge on any atom is -0.495 e. The number of nitrogens with one attached hydrogen (secondary N) is 1. The Labute approximate surface area is 153 Å². The van der Waals surface area contributed by atoms with Crippen molar-refractivity contribution < 1.29 is 32.6 Å². The van der Waals surface area contributed by atoms with Gasteiger partial charge in [-0.3, -0.25) is 4.79 Å². The molecule has 0 spiro atoms. The second-order valence-corrected chi connectivity index (χ2v) is 7.84. The molecule has 0 fully saturated rings. The molecule has 9 heteroatoms. The van der Waals surface area contributed by atoms with Gasteiger partial charge in [0.2, 0.25) is 10.0 Å². The van der Waals surface area contributed by atoms with Gasteiger partial charge < -0.3 is 14.6 Å². The number of sulfonamides is 1. The van der Waals surface area contributed by atoms with Crippen molar-refractivity contribution in [3.8, 4) is 5.75 Å². The van der Waals surface area contributed by atoms with Gasteiger partial charge >= 0.3 is 11.9 Å². The Kier molecular flexibility index (Phi) is 8.04. The molecule has 0 saturated heterocycles. The molecule has 1 aromatic rings. The van der Waals surface area contributed by atoms with E-state index in [1.807, 2.05) is 13.8 Å². The van der Waals surface area contributed by atoms with E-state index < -0.39 is 27.9 Å². The summed E-state index contributed by atoms with van der Waals surface area (Å²) in [5.41, 5.74) is 0.0602. The number of carbonyl (C=O) groups excluding carboxylic acids is 1. The summed E-state index contributed by atoms with van der Waals surface area (Å²) < 4.78 is 37.5. The van der Waals surface area contributed by atoms with Crippen LogP contribution in [0.5, 0.6) is 5.75 Å². The highest BCUT2D eigenvalue weighted by Gasteiger charge is 2.26. The molecule has 0 aliphatic rings. The monoisotopic (exact) mass is 387 g/mol. The van der Waals surface area contributed by atoms with Crippen LogP contribution in [0.1, 0.15) is 37.6 Å². The van der Waals surface area contributed by atoms with E-state index in [0.717, 1.165) is 6.07 Å². The van der Waals surface area contributed by atoms with Crippen LogP contribution in [0.25, 0.3) is 0 Å². The zero-order valence-electron chi connectivity index (χ0n) is 15.3. The zero-order valence-corrected chi connectivity index (χ0v) is 16.1. The van der Waals surface area contributed by atoms with E-state index in [9.17, 15) is 23.1 Å². The second-order valence-electron chi connectivity index (χ2n) is 6.10. The lowest BCUT2D eigenvalue weighted by Gasteiger charge is -2.17. The summed E-state index contributed by atoms with van der Waals surface area (Å²) in [6.07, 6.45) is 0.331. The topological polar surface area (TPSA) is 119 Å². The molecule has 1 aromatic carbocycles. The maximum Gasteiger partial charge on any atom is 0.338 e. The van der Waals surface area contributed by atoms with Gasteiger partial charge in [0.05, 0.1) is 25.2 Å². The number of carboxylic acid groups (broad SMARTS) is 1. The van der Waals surface area contributed by atoms with E-state index >= 15 is 0 Å². The van der Waals surface area contributed by atoms with Crippen molar-refractivity contribution >= 4 is 22.0 Å². The quantitative estimate of drug-likeness (QED) is 0.588. The Morgan fingerprint density at radius 3 is 2.42 bits per heavy atom. The normalized spacial score (nSPS) is 12.7. The zero-order chi connectivity index (χ0) is 19.9. The third-order valence-electron chi connectivity index (χ3n) is 3.59. The van der Waals surface area contributed by atoms with Gasteiger partial charge in [-0.25, -0.2) is 17.9 Å². The second kappa shape index (κ2) is 9.54. The molecule has 146 valence electrons. The van der Waals surface area contributed by atoms with E-state index in [1.54, 1.807) is 6.92 Å². The smallest absolute Gasteiger partial charge is 0.338 e. The third-order valence-corrected chi connectivity index (χ3v) is 5.03. The van der Waals surface area contributed by atoms with Gasteiger partial charge in [-0.2, -0.15) is 0 Å². The molecular weight excluding hydrogens is 362 g/mol. The fourth-order valence-corrected chi connectivity index (χ4v) is 3.63. The molecule has 1 rings (SSSR count). The molecule has 0 bridgehead atoms. The lowest BCUT2D eigenvalue weighted by Crippen LogP contribution is -2.34. The van der Waals surface area contributed by atoms with Gasteiger partial charge in [0.1, 0.15) is 10.6 Å². The summed E-state index contributed by atoms with van der Waals surface area (Å²) >= 11 is 0. The maximum atomic E-state index is 12.6. The largest absolute Gasteiger partial charge is 0.495 e. The number of carboxylic acids is 1. The van der Waals surface area contributed by atoms with Gasteiger partial charge in [0, 0.05) is 6.54 Å². The number of hydrogen-bond acceptors (Lipinski definition) is 6. The number of carbonyl (C=O) groups is 2. The Hall–Kier alpha value is -2.13. The van der Waals surface area contributed by atoms with Crippen LogP contribution in [0.3, 0.4) is 0 Å². The highest BCUT2D eigenvalue weighted by Crippen LogP contribution is 2.25. The van der Waals surface area contributed by atoms with Gasteiger partial charge in [0.15, 0.2) is 0 Å². The molecule has 26 heavy (non-hydrogen) atoms. The van der Waals surface area contributed by atoms with Crippen LogP contribution in [0.2, 0.25) is 0 Å². The van der Waals surface area contributed by atoms with Gasteiger partial charge in [-0.1, -0.05) is 13.8 Å². The van der Waals surface area contributed by atoms with Crippen molar-refractivity contribution in [3.05, 3.63) is 23.8 Å². The summed E-state index contributed by atoms with van der Waals surface area (Å²) in [4.78, 5) is 22.9. The van der Waals surface area contributed by atoms with Crippen LogP contribution in [0, 0.1) is 11.8 Å². The predicted octanol–water partition coefficient (Wildman–Crippen LogP) is 1.90. The Morgan fingerprint density at radius 2 is 1.92 bits per heavy atom. The van der Waals surface area contributed by atoms with Crippen molar-refractivity contribution in [2.24, 2.45) is 11.8 Å². The number of esters is 1. The lowest BCUT2D eigenvalue weighted by atomic mass is 9.98. The Bertz CT molecular complexity index is 743. The summed E-state index contributed by atoms with van der Waals surface area (Å²) in [5, 5.41) is 9.25. The molecule has 0 heterocycles. The molecule has 0 aliphatic heterocycles. The summed E-state index contributed by atoms with van der Waals surface area (Å²) in [6, 6.07) is 3.90. The van der Waals surface area contributed by atoms with Crippen LogP contribution in [-0.4, -0.2) is 45.7 Å². The van der Waals surface area contributed by atoms with Crippen LogP contribution in [0.15, 0.2) is 23.1 Å². The minimum absolute atomic E-state index is 0.0429. The van der Waals surface area contributed by atoms with Crippen molar-refractivity contribution in [3.63, 3.8) is 0 Å². The molecule has 0 aliphatic carbocycles. The first-order chi connectivity index (χ1) is 12.1. The van der Waals surface area contributed by atoms with Crippen LogP contribution >= 0.6 is 0 Å². The number of hydrogen-bond donors (Lipinski definition) is 2. The Morgan fingerprint density at radius 1 is 1.27 bits per heavy atom. The molecule has 0 amide bonds. The van der Waals surface area contributed by atoms with E-state index in [-0.39, 0.29) is 35.3 Å². The Balaban J connectivity index is 3.11. The molecule has 2 N–H and O–H groups in total. The molecule has 1 unspecified atom stereocenters. The first-order valence-corrected chi connectivity index (χ1v) is 9.68. The molecule has 8 nitrogen and oxygen atoms in total. The lowest BCUT2D eigenvalue weighted by molar-refractivity contribution is -0.142. The summed E-state index contributed by atoms with van der Waals surface area (Å²) in [5.74, 6) is -2.45. The number of ether oxygens (including phenoxy) is 2. The van der Waals surface area contributed by atoms with Crippen LogP contribution < -0.4 is 9.46 Å². The van der Waals surface area contributed by atoms with Gasteiger partial charge in [-0.05, 0) is 37.5 Å². The van der Waals surface area contributed by atoms with Crippen molar-refractivity contribution in [1.82, 2.24) is 4.72 Å². The number of aliphatic carboxylic acids is 1. The maximum absolute atomic E-state index is 12.6. The van der Waals surface area contributed by atoms with E-state index in [4.69, 9.17) is 9.47 Å². The fourth-order valence-electron chi connectivity index (χ4n) is 2.36. The average molecular weight is 387 g/mol. The highest BCUT2D eigenvalue weighted by molar-refractivity contribution is 7.89. The molecule has 0 saturated carbocycles. The first-order valence-electron chi connectivity index (χ1n) is 8.20. The number of methoxy groups -OCH3 is 1. The number of benzene rings is 1. The highest BCUT2D eigenvalue weighted by atomic mass is 32.2. The minimum atomic E-state index is -4.08. The molecule has 0 radical (unpaired) electrons. The van der Waals surface area contributed by atoms with E-state index in [2.05, 4.69) is 4.72 Å². The first kappa shape index (κ1) is 21.9. The van der Waals surface area contributed by atoms with Crippen molar-refractivity contribution in [1.29, 1.82) is 0 Å². The SMILES string of the molecule is CCOC(=O)c1ccc(OC)c(S(=O)(=O)NCC(CC(C)C)C(=O)O)c1. The fraction of sp³-hybridized carbons (Fsp3) is 0.529. The van der Waals surface area contributed by atoms with Crippen LogP contribution in [-0.2, 0) is 19.6 Å². The summed E-state index contributed by atoms with van der Waals surface area (Å²) in [7, 11) is -2.78. The third kappa shape index (κ3) is 5.99. The van der Waals surface area contributed by atoms with Gasteiger partial charge in [-0.15, -0.1) is 0 Å². The van der Waals surface area contributed by atoms with Crippen molar-refractivity contribution in [2.75, 3.05) is 20.3 Å². The standard InChI is InChI=1S/C17H25NO7S/c1-5-25-17(21)12-6-7-14(24-4)15(9-12)26(22,23)18-10-13(16(19)20)8-11(2)3/h6-7,9,11,13,18H,5,8,10H2,1-4H3,(H,19,20). The van der Waals surface area contributed by atoms with Crippen molar-refractivity contribution in [2.45, 2.75) is 32.1 Å². The molecule has 0 aromatic heterocycles. The average Bonchev–Trinajstić information content (AvgIpc) is 2.57. The summed E-state index contributed by atoms with van der Waals surface area (Å²) in [6.45, 7) is 5.25. The molecule has 1 atom stereocenters. The number of rotatable bonds is 10. The van der Waals surface area contributed by atoms with Gasteiger partial charge in [0.25, 0.3) is 0 Å². The van der Waals surface area contributed by atoms with E-state index in [1.165, 1.54) is 19.2 Å². The van der Waals surface area contributed by atoms with E-state index in [0.29, 0.717) is 6.42 Å². The predicted molar refractivity (Wildman–Crippen MR) is 94.7 cm³/mol. The van der Waals surface area contributed by atoms with Crippen LogP contribution in [0.4, 0.5) is 0 Å².